The van der Waals surface area contributed by atoms with Crippen LogP contribution in [0.1, 0.15) is 25.0 Å². The van der Waals surface area contributed by atoms with Gasteiger partial charge in [-0.2, -0.15) is 0 Å². The molecule has 3 N–H and O–H groups in total. The third-order valence-corrected chi connectivity index (χ3v) is 6.83. The summed E-state index contributed by atoms with van der Waals surface area (Å²) in [6.07, 6.45) is 0. The Morgan fingerprint density at radius 1 is 0.862 bits per heavy atom. The van der Waals surface area contributed by atoms with E-state index in [1.807, 2.05) is 26.0 Å². The Labute approximate surface area is 187 Å². The minimum Gasteiger partial charge on any atom is -0.399 e. The average Bonchev–Trinajstić information content (AvgIpc) is 2.62. The lowest BCUT2D eigenvalue weighted by Gasteiger charge is -2.06. The standard InChI is InChI=1S/C9H12ClNO2S.C7H8ClN.C2H5ClO2S/c1-3-14(12,13)11-8-5-4-7(2)9(10)6-8;1-5-2-3-6(9)4-7(5)8;1-2-6(3,4)5/h4-6,11H,3H2,1-2H3;2-4H,9H2,1H3;2H2,1H3. The van der Waals surface area contributed by atoms with E-state index < -0.39 is 19.1 Å². The van der Waals surface area contributed by atoms with Crippen LogP contribution in [0, 0.1) is 13.8 Å². The van der Waals surface area contributed by atoms with E-state index in [-0.39, 0.29) is 11.5 Å². The molecule has 0 amide bonds. The number of halogens is 3. The first-order valence-electron chi connectivity index (χ1n) is 8.41. The number of rotatable bonds is 4. The monoisotopic (exact) mass is 502 g/mol. The maximum atomic E-state index is 11.2. The van der Waals surface area contributed by atoms with Gasteiger partial charge in [0.15, 0.2) is 0 Å². The van der Waals surface area contributed by atoms with Gasteiger partial charge in [-0.05, 0) is 56.2 Å². The van der Waals surface area contributed by atoms with Crippen molar-refractivity contribution in [3.63, 3.8) is 0 Å². The summed E-state index contributed by atoms with van der Waals surface area (Å²) in [4.78, 5) is 0. The van der Waals surface area contributed by atoms with Gasteiger partial charge in [0.25, 0.3) is 0 Å². The molecule has 2 rings (SSSR count). The lowest BCUT2D eigenvalue weighted by atomic mass is 10.2. The summed E-state index contributed by atoms with van der Waals surface area (Å²) in [6.45, 7) is 6.88. The fraction of sp³-hybridized carbons (Fsp3) is 0.333. The number of sulfonamides is 1. The van der Waals surface area contributed by atoms with E-state index in [9.17, 15) is 16.8 Å². The summed E-state index contributed by atoms with van der Waals surface area (Å²) < 4.78 is 44.4. The van der Waals surface area contributed by atoms with Crippen molar-refractivity contribution in [1.29, 1.82) is 0 Å². The number of benzene rings is 2. The molecule has 0 atom stereocenters. The van der Waals surface area contributed by atoms with Gasteiger partial charge in [0.2, 0.25) is 19.1 Å². The van der Waals surface area contributed by atoms with Gasteiger partial charge < -0.3 is 5.73 Å². The van der Waals surface area contributed by atoms with Crippen molar-refractivity contribution in [2.45, 2.75) is 27.7 Å². The molecule has 0 bridgehead atoms. The van der Waals surface area contributed by atoms with E-state index in [4.69, 9.17) is 28.9 Å². The van der Waals surface area contributed by atoms with Crippen LogP contribution in [0.15, 0.2) is 36.4 Å². The molecule has 0 heterocycles. The highest BCUT2D eigenvalue weighted by molar-refractivity contribution is 8.13. The van der Waals surface area contributed by atoms with E-state index in [2.05, 4.69) is 15.4 Å². The number of nitrogen functional groups attached to an aromatic ring is 1. The Kier molecular flexibility index (Phi) is 12.0. The van der Waals surface area contributed by atoms with Crippen LogP contribution < -0.4 is 10.5 Å². The molecule has 0 saturated heterocycles. The maximum Gasteiger partial charge on any atom is 0.232 e. The van der Waals surface area contributed by atoms with Crippen LogP contribution in [-0.2, 0) is 19.1 Å². The minimum atomic E-state index is -3.21. The zero-order valence-electron chi connectivity index (χ0n) is 16.5. The Morgan fingerprint density at radius 3 is 1.66 bits per heavy atom. The Balaban J connectivity index is 0.000000448. The van der Waals surface area contributed by atoms with Crippen molar-refractivity contribution in [3.8, 4) is 0 Å². The van der Waals surface area contributed by atoms with Crippen molar-refractivity contribution in [3.05, 3.63) is 57.6 Å². The van der Waals surface area contributed by atoms with Crippen molar-refractivity contribution in [2.75, 3.05) is 22.0 Å². The van der Waals surface area contributed by atoms with E-state index >= 15 is 0 Å². The first kappa shape index (κ1) is 27.8. The molecule has 0 radical (unpaired) electrons. The quantitative estimate of drug-likeness (QED) is 0.439. The third kappa shape index (κ3) is 12.9. The number of nitrogens with one attached hydrogen (secondary N) is 1. The SMILES string of the molecule is CCS(=O)(=O)Cl.CCS(=O)(=O)Nc1ccc(C)c(Cl)c1.Cc1ccc(N)cc1Cl. The van der Waals surface area contributed by atoms with Gasteiger partial charge in [0, 0.05) is 32.1 Å². The van der Waals surface area contributed by atoms with E-state index in [1.165, 1.54) is 6.92 Å². The number of hydrogen-bond acceptors (Lipinski definition) is 5. The van der Waals surface area contributed by atoms with Crippen LogP contribution in [-0.4, -0.2) is 28.3 Å². The van der Waals surface area contributed by atoms with Crippen LogP contribution >= 0.6 is 33.9 Å². The molecule has 0 aliphatic carbocycles. The molecule has 0 saturated carbocycles. The summed E-state index contributed by atoms with van der Waals surface area (Å²) in [5, 5.41) is 1.29. The van der Waals surface area contributed by atoms with Crippen LogP contribution in [0.5, 0.6) is 0 Å². The largest absolute Gasteiger partial charge is 0.399 e. The van der Waals surface area contributed by atoms with Crippen LogP contribution in [0.2, 0.25) is 10.0 Å². The molecular weight excluding hydrogens is 479 g/mol. The summed E-state index contributed by atoms with van der Waals surface area (Å²) in [5.41, 5.74) is 8.64. The maximum absolute atomic E-state index is 11.2. The molecule has 0 aliphatic rings. The molecule has 2 aromatic rings. The molecule has 0 fully saturated rings. The zero-order valence-corrected chi connectivity index (χ0v) is 20.4. The predicted molar refractivity (Wildman–Crippen MR) is 125 cm³/mol. The predicted octanol–water partition coefficient (Wildman–Crippen LogP) is 5.22. The minimum absolute atomic E-state index is 0.00849. The van der Waals surface area contributed by atoms with Crippen molar-refractivity contribution >= 4 is 64.3 Å². The Morgan fingerprint density at radius 2 is 1.31 bits per heavy atom. The highest BCUT2D eigenvalue weighted by atomic mass is 35.7. The first-order valence-corrected chi connectivity index (χ1v) is 13.3. The summed E-state index contributed by atoms with van der Waals surface area (Å²) >= 11 is 11.6. The van der Waals surface area contributed by atoms with Crippen LogP contribution in [0.4, 0.5) is 11.4 Å². The number of nitrogens with two attached hydrogens (primary N) is 1. The number of anilines is 2. The van der Waals surface area contributed by atoms with Gasteiger partial charge >= 0.3 is 0 Å². The Hall–Kier alpha value is -1.19. The van der Waals surface area contributed by atoms with Crippen molar-refractivity contribution in [1.82, 2.24) is 0 Å². The normalized spacial score (nSPS) is 10.9. The fourth-order valence-electron chi connectivity index (χ4n) is 1.52. The second kappa shape index (κ2) is 12.5. The molecule has 0 aliphatic heterocycles. The molecular formula is C18H25Cl3N2O4S2. The highest BCUT2D eigenvalue weighted by Crippen LogP contribution is 2.20. The lowest BCUT2D eigenvalue weighted by molar-refractivity contribution is 0.602. The van der Waals surface area contributed by atoms with Crippen LogP contribution in [0.3, 0.4) is 0 Å². The third-order valence-electron chi connectivity index (χ3n) is 3.37. The van der Waals surface area contributed by atoms with Gasteiger partial charge in [-0.25, -0.2) is 16.8 Å². The molecule has 11 heteroatoms. The molecule has 2 aromatic carbocycles. The molecule has 0 unspecified atom stereocenters. The topological polar surface area (TPSA) is 106 Å². The van der Waals surface area contributed by atoms with E-state index in [0.717, 1.165) is 16.1 Å². The van der Waals surface area contributed by atoms with E-state index in [0.29, 0.717) is 16.4 Å². The highest BCUT2D eigenvalue weighted by Gasteiger charge is 2.07. The van der Waals surface area contributed by atoms with Crippen LogP contribution in [0.25, 0.3) is 0 Å². The number of hydrogen-bond donors (Lipinski definition) is 2. The molecule has 6 nitrogen and oxygen atoms in total. The van der Waals surface area contributed by atoms with Gasteiger partial charge in [0.05, 0.1) is 11.5 Å². The first-order chi connectivity index (χ1) is 13.2. The van der Waals surface area contributed by atoms with Gasteiger partial charge in [-0.15, -0.1) is 0 Å². The van der Waals surface area contributed by atoms with Crippen molar-refractivity contribution in [2.24, 2.45) is 0 Å². The summed E-state index contributed by atoms with van der Waals surface area (Å²) in [6, 6.07) is 10.5. The molecule has 29 heavy (non-hydrogen) atoms. The van der Waals surface area contributed by atoms with Gasteiger partial charge in [-0.3, -0.25) is 4.72 Å². The van der Waals surface area contributed by atoms with E-state index in [1.54, 1.807) is 31.2 Å². The molecule has 164 valence electrons. The second-order valence-electron chi connectivity index (χ2n) is 5.81. The summed E-state index contributed by atoms with van der Waals surface area (Å²) in [5.74, 6) is 0.0626. The average molecular weight is 504 g/mol. The fourth-order valence-corrected chi connectivity index (χ4v) is 2.52. The number of aryl methyl sites for hydroxylation is 2. The summed E-state index contributed by atoms with van der Waals surface area (Å²) in [7, 11) is -1.71. The zero-order chi connectivity index (χ0) is 22.8. The van der Waals surface area contributed by atoms with Gasteiger partial charge in [-0.1, -0.05) is 42.3 Å². The van der Waals surface area contributed by atoms with Gasteiger partial charge in [0.1, 0.15) is 0 Å². The Bertz CT molecular complexity index is 1010. The smallest absolute Gasteiger partial charge is 0.232 e. The molecule has 0 spiro atoms. The van der Waals surface area contributed by atoms with Crippen molar-refractivity contribution < 1.29 is 16.8 Å². The molecule has 0 aromatic heterocycles. The lowest BCUT2D eigenvalue weighted by Crippen LogP contribution is -2.14. The second-order valence-corrected chi connectivity index (χ2v) is 11.7.